The molecule has 0 saturated heterocycles. The van der Waals surface area contributed by atoms with E-state index in [4.69, 9.17) is 22.4 Å². The summed E-state index contributed by atoms with van der Waals surface area (Å²) in [6, 6.07) is 3.51. The maximum absolute atomic E-state index is 10.9. The fraction of sp³-hybridized carbons (Fsp3) is 0.100. The molecule has 3 N–H and O–H groups in total. The van der Waals surface area contributed by atoms with Crippen LogP contribution in [0.5, 0.6) is 0 Å². The quantitative estimate of drug-likeness (QED) is 0.721. The third-order valence-corrected chi connectivity index (χ3v) is 3.54. The van der Waals surface area contributed by atoms with Crippen LogP contribution in [0.4, 0.5) is 5.69 Å². The summed E-state index contributed by atoms with van der Waals surface area (Å²) in [5, 5.41) is 10.3. The Balaban J connectivity index is 0.00000128. The number of benzene rings is 1. The van der Waals surface area contributed by atoms with Crippen LogP contribution in [0.25, 0.3) is 10.1 Å². The predicted molar refractivity (Wildman–Crippen MR) is 62.9 cm³/mol. The first kappa shape index (κ1) is 13.8. The summed E-state index contributed by atoms with van der Waals surface area (Å²) in [5.41, 5.74) is 7.01. The largest absolute Gasteiger partial charge is 1.00 e. The number of hydrogen-bond donors (Lipinski definition) is 2. The van der Waals surface area contributed by atoms with E-state index < -0.39 is 5.97 Å². The summed E-state index contributed by atoms with van der Waals surface area (Å²) in [6.45, 7) is 1.86. The molecule has 0 radical (unpaired) electrons. The van der Waals surface area contributed by atoms with Gasteiger partial charge in [0.2, 0.25) is 0 Å². The third-order valence-electron chi connectivity index (χ3n) is 2.18. The molecule has 2 rings (SSSR count). The van der Waals surface area contributed by atoms with Crippen molar-refractivity contribution < 1.29 is 39.5 Å². The van der Waals surface area contributed by atoms with Gasteiger partial charge in [-0.2, -0.15) is 0 Å². The first-order valence-electron chi connectivity index (χ1n) is 4.22. The van der Waals surface area contributed by atoms with Gasteiger partial charge in [-0.1, -0.05) is 11.6 Å². The Labute approximate surface area is 123 Å². The van der Waals surface area contributed by atoms with E-state index in [-0.39, 0.29) is 34.4 Å². The number of carboxylic acids is 1. The van der Waals surface area contributed by atoms with Crippen LogP contribution >= 0.6 is 22.9 Å². The zero-order valence-electron chi connectivity index (χ0n) is 8.87. The number of fused-ring (bicyclic) bond motifs is 1. The number of hydrogen-bond acceptors (Lipinski definition) is 3. The maximum Gasteiger partial charge on any atom is 1.00 e. The van der Waals surface area contributed by atoms with E-state index in [1.807, 2.05) is 6.92 Å². The average Bonchev–Trinajstić information content (AvgIpc) is 2.42. The molecule has 0 aliphatic heterocycles. The summed E-state index contributed by atoms with van der Waals surface area (Å²) in [6.07, 6.45) is 0. The van der Waals surface area contributed by atoms with Crippen LogP contribution in [-0.2, 0) is 0 Å². The Morgan fingerprint density at radius 3 is 2.69 bits per heavy atom. The van der Waals surface area contributed by atoms with Gasteiger partial charge >= 0.3 is 35.5 Å². The molecule has 0 aliphatic carbocycles. The molecular formula is C10H8ClNNaO2S+. The molecule has 0 amide bonds. The number of carboxylic acid groups (broad SMARTS) is 1. The number of halogens is 1. The van der Waals surface area contributed by atoms with Gasteiger partial charge < -0.3 is 10.8 Å². The number of thiophene rings is 1. The van der Waals surface area contributed by atoms with Gasteiger partial charge in [0.15, 0.2) is 0 Å². The zero-order valence-corrected chi connectivity index (χ0v) is 12.4. The van der Waals surface area contributed by atoms with Crippen molar-refractivity contribution in [3.63, 3.8) is 0 Å². The topological polar surface area (TPSA) is 63.3 Å². The smallest absolute Gasteiger partial charge is 0.477 e. The normalized spacial score (nSPS) is 10.1. The van der Waals surface area contributed by atoms with Crippen molar-refractivity contribution in [3.05, 3.63) is 27.6 Å². The molecule has 1 aromatic heterocycles. The molecule has 0 spiro atoms. The van der Waals surface area contributed by atoms with Crippen molar-refractivity contribution in [1.29, 1.82) is 0 Å². The fourth-order valence-corrected chi connectivity index (χ4v) is 2.99. The van der Waals surface area contributed by atoms with Gasteiger partial charge in [-0.15, -0.1) is 11.3 Å². The molecule has 78 valence electrons. The molecule has 0 saturated carbocycles. The Kier molecular flexibility index (Phi) is 4.26. The molecule has 1 aromatic carbocycles. The Morgan fingerprint density at radius 1 is 1.50 bits per heavy atom. The number of nitrogens with two attached hydrogens (primary N) is 1. The number of rotatable bonds is 1. The van der Waals surface area contributed by atoms with Gasteiger partial charge in [0, 0.05) is 15.1 Å². The van der Waals surface area contributed by atoms with Crippen LogP contribution in [-0.4, -0.2) is 11.1 Å². The fourth-order valence-electron chi connectivity index (χ4n) is 1.58. The van der Waals surface area contributed by atoms with Gasteiger partial charge in [0.1, 0.15) is 4.88 Å². The molecule has 0 fully saturated rings. The molecule has 0 aliphatic rings. The van der Waals surface area contributed by atoms with Gasteiger partial charge in [-0.25, -0.2) is 4.79 Å². The Morgan fingerprint density at radius 2 is 2.12 bits per heavy atom. The minimum atomic E-state index is -0.996. The molecule has 6 heteroatoms. The first-order valence-corrected chi connectivity index (χ1v) is 5.41. The van der Waals surface area contributed by atoms with Crippen molar-refractivity contribution in [2.24, 2.45) is 0 Å². The van der Waals surface area contributed by atoms with E-state index >= 15 is 0 Å². The van der Waals surface area contributed by atoms with Crippen molar-refractivity contribution in [2.45, 2.75) is 6.92 Å². The van der Waals surface area contributed by atoms with E-state index in [0.717, 1.165) is 27.0 Å². The first-order chi connectivity index (χ1) is 7.00. The van der Waals surface area contributed by atoms with Gasteiger partial charge in [0.05, 0.1) is 5.69 Å². The summed E-state index contributed by atoms with van der Waals surface area (Å²) in [5.74, 6) is -0.996. The van der Waals surface area contributed by atoms with Crippen molar-refractivity contribution in [1.82, 2.24) is 0 Å². The number of carbonyl (C=O) groups is 1. The van der Waals surface area contributed by atoms with E-state index in [2.05, 4.69) is 0 Å². The summed E-state index contributed by atoms with van der Waals surface area (Å²) in [7, 11) is 0. The van der Waals surface area contributed by atoms with E-state index in [0.29, 0.717) is 10.7 Å². The molecule has 2 aromatic rings. The van der Waals surface area contributed by atoms with Crippen molar-refractivity contribution in [2.75, 3.05) is 5.73 Å². The molecular weight excluding hydrogens is 257 g/mol. The maximum atomic E-state index is 10.9. The minimum absolute atomic E-state index is 0. The number of anilines is 1. The van der Waals surface area contributed by atoms with Crippen LogP contribution in [0.15, 0.2) is 12.1 Å². The molecule has 0 atom stereocenters. The molecule has 1 heterocycles. The number of aromatic carboxylic acids is 1. The zero-order chi connectivity index (χ0) is 11.2. The average molecular weight is 265 g/mol. The van der Waals surface area contributed by atoms with E-state index in [1.54, 1.807) is 12.1 Å². The van der Waals surface area contributed by atoms with E-state index in [9.17, 15) is 4.79 Å². The van der Waals surface area contributed by atoms with E-state index in [1.165, 1.54) is 0 Å². The predicted octanol–water partition coefficient (Wildman–Crippen LogP) is 0.148. The summed E-state index contributed by atoms with van der Waals surface area (Å²) < 4.78 is 0.815. The second kappa shape index (κ2) is 4.94. The minimum Gasteiger partial charge on any atom is -0.477 e. The SMILES string of the molecule is Cc1cc(Cl)cc2sc(C(=O)O)c(N)c12.[Na+]. The number of aryl methyl sites for hydroxylation is 1. The van der Waals surface area contributed by atoms with Crippen molar-refractivity contribution in [3.8, 4) is 0 Å². The van der Waals surface area contributed by atoms with Crippen LogP contribution < -0.4 is 35.3 Å². The van der Waals surface area contributed by atoms with Crippen molar-refractivity contribution >= 4 is 44.7 Å². The second-order valence-electron chi connectivity index (χ2n) is 3.25. The summed E-state index contributed by atoms with van der Waals surface area (Å²) in [4.78, 5) is 11.1. The Hall–Kier alpha value is -0.260. The van der Waals surface area contributed by atoms with Crippen LogP contribution in [0.1, 0.15) is 15.2 Å². The number of nitrogen functional groups attached to an aromatic ring is 1. The molecule has 0 bridgehead atoms. The van der Waals surface area contributed by atoms with Gasteiger partial charge in [-0.3, -0.25) is 0 Å². The second-order valence-corrected chi connectivity index (χ2v) is 4.73. The van der Waals surface area contributed by atoms with Gasteiger partial charge in [-0.05, 0) is 24.6 Å². The summed E-state index contributed by atoms with van der Waals surface area (Å²) >= 11 is 7.03. The Bertz CT molecular complexity index is 567. The van der Waals surface area contributed by atoms with Crippen LogP contribution in [0.3, 0.4) is 0 Å². The van der Waals surface area contributed by atoms with Crippen LogP contribution in [0.2, 0.25) is 5.02 Å². The molecule has 0 unspecified atom stereocenters. The van der Waals surface area contributed by atoms with Crippen LogP contribution in [0, 0.1) is 6.92 Å². The standard InChI is InChI=1S/C10H8ClNO2S.Na/c1-4-2-5(11)3-6-7(4)8(12)9(15-6)10(13)14;/h2-3H,12H2,1H3,(H,13,14);/q;+1. The molecule has 16 heavy (non-hydrogen) atoms. The monoisotopic (exact) mass is 264 g/mol. The third kappa shape index (κ3) is 2.21. The van der Waals surface area contributed by atoms with Gasteiger partial charge in [0.25, 0.3) is 0 Å². The molecule has 3 nitrogen and oxygen atoms in total.